The molecule has 0 spiro atoms. The summed E-state index contributed by atoms with van der Waals surface area (Å²) < 4.78 is 4.77. The first-order chi connectivity index (χ1) is 7.56. The Morgan fingerprint density at radius 1 is 1.50 bits per heavy atom. The molecular formula is C12H14N2O2. The molecule has 0 aliphatic rings. The summed E-state index contributed by atoms with van der Waals surface area (Å²) in [5, 5.41) is 11.2. The lowest BCUT2D eigenvalue weighted by atomic mass is 10.1. The molecule has 4 nitrogen and oxygen atoms in total. The van der Waals surface area contributed by atoms with Crippen LogP contribution >= 0.6 is 0 Å². The van der Waals surface area contributed by atoms with Gasteiger partial charge < -0.3 is 10.1 Å². The lowest BCUT2D eigenvalue weighted by molar-refractivity contribution is -0.118. The molecule has 1 aromatic carbocycles. The lowest BCUT2D eigenvalue weighted by Crippen LogP contribution is -2.18. The number of benzene rings is 1. The Morgan fingerprint density at radius 3 is 2.75 bits per heavy atom. The zero-order valence-electron chi connectivity index (χ0n) is 9.57. The second-order valence-electron chi connectivity index (χ2n) is 3.77. The zero-order valence-corrected chi connectivity index (χ0v) is 9.57. The first-order valence-corrected chi connectivity index (χ1v) is 5.02. The molecule has 1 aromatic rings. The fraction of sp³-hybridized carbons (Fsp3) is 0.333. The molecule has 0 fully saturated rings. The maximum absolute atomic E-state index is 11.5. The standard InChI is InChI=1S/C12H14N2O2/c1-8(2)12(15)14-10-5-4-6-11(9(10)3)16-7-13/h4-6,8H,1-3H3,(H,14,15). The SMILES string of the molecule is Cc1c(NC(=O)C(C)C)cccc1OC#N. The highest BCUT2D eigenvalue weighted by atomic mass is 16.5. The number of rotatable bonds is 3. The number of nitriles is 1. The fourth-order valence-electron chi connectivity index (χ4n) is 1.19. The van der Waals surface area contributed by atoms with Gasteiger partial charge >= 0.3 is 0 Å². The molecule has 1 N–H and O–H groups in total. The van der Waals surface area contributed by atoms with Crippen molar-refractivity contribution in [2.24, 2.45) is 5.92 Å². The van der Waals surface area contributed by atoms with Crippen LogP contribution in [0.4, 0.5) is 5.69 Å². The molecule has 0 aliphatic carbocycles. The molecule has 0 saturated heterocycles. The fourth-order valence-corrected chi connectivity index (χ4v) is 1.19. The van der Waals surface area contributed by atoms with E-state index in [-0.39, 0.29) is 11.8 Å². The largest absolute Gasteiger partial charge is 0.388 e. The van der Waals surface area contributed by atoms with Crippen molar-refractivity contribution in [2.45, 2.75) is 20.8 Å². The van der Waals surface area contributed by atoms with Crippen LogP contribution in [0.1, 0.15) is 19.4 Å². The summed E-state index contributed by atoms with van der Waals surface area (Å²) in [6, 6.07) is 5.19. The van der Waals surface area contributed by atoms with Crippen LogP contribution in [0.15, 0.2) is 18.2 Å². The van der Waals surface area contributed by atoms with Gasteiger partial charge in [-0.1, -0.05) is 19.9 Å². The number of anilines is 1. The Bertz CT molecular complexity index is 433. The summed E-state index contributed by atoms with van der Waals surface area (Å²) >= 11 is 0. The lowest BCUT2D eigenvalue weighted by Gasteiger charge is -2.11. The molecule has 16 heavy (non-hydrogen) atoms. The van der Waals surface area contributed by atoms with Crippen LogP contribution in [-0.2, 0) is 4.79 Å². The number of nitrogens with one attached hydrogen (secondary N) is 1. The van der Waals surface area contributed by atoms with Gasteiger partial charge in [0.05, 0.1) is 0 Å². The van der Waals surface area contributed by atoms with E-state index in [4.69, 9.17) is 10.00 Å². The van der Waals surface area contributed by atoms with Crippen LogP contribution in [0.5, 0.6) is 5.75 Å². The normalized spacial score (nSPS) is 9.69. The van der Waals surface area contributed by atoms with Crippen LogP contribution in [0, 0.1) is 24.4 Å². The van der Waals surface area contributed by atoms with E-state index in [9.17, 15) is 4.79 Å². The highest BCUT2D eigenvalue weighted by Gasteiger charge is 2.10. The minimum absolute atomic E-state index is 0.0581. The third-order valence-electron chi connectivity index (χ3n) is 2.22. The van der Waals surface area contributed by atoms with E-state index in [0.29, 0.717) is 11.4 Å². The highest BCUT2D eigenvalue weighted by Crippen LogP contribution is 2.25. The van der Waals surface area contributed by atoms with Crippen LogP contribution in [0.2, 0.25) is 0 Å². The van der Waals surface area contributed by atoms with Gasteiger partial charge in [-0.15, -0.1) is 5.26 Å². The second-order valence-corrected chi connectivity index (χ2v) is 3.77. The van der Waals surface area contributed by atoms with E-state index in [1.165, 1.54) is 0 Å². The van der Waals surface area contributed by atoms with Gasteiger partial charge in [0.15, 0.2) is 0 Å². The van der Waals surface area contributed by atoms with Crippen molar-refractivity contribution in [1.82, 2.24) is 0 Å². The molecule has 0 saturated carbocycles. The Labute approximate surface area is 94.8 Å². The van der Waals surface area contributed by atoms with E-state index in [1.54, 1.807) is 31.4 Å². The second kappa shape index (κ2) is 5.17. The molecule has 0 unspecified atom stereocenters. The van der Waals surface area contributed by atoms with Crippen molar-refractivity contribution in [1.29, 1.82) is 5.26 Å². The predicted octanol–water partition coefficient (Wildman–Crippen LogP) is 2.45. The monoisotopic (exact) mass is 218 g/mol. The molecule has 84 valence electrons. The molecule has 0 aromatic heterocycles. The van der Waals surface area contributed by atoms with Crippen LogP contribution in [-0.4, -0.2) is 5.91 Å². The molecule has 4 heteroatoms. The maximum Gasteiger partial charge on any atom is 0.292 e. The van der Waals surface area contributed by atoms with E-state index in [0.717, 1.165) is 5.56 Å². The molecule has 0 bridgehead atoms. The summed E-state index contributed by atoms with van der Waals surface area (Å²) in [4.78, 5) is 11.5. The molecule has 1 rings (SSSR count). The Hall–Kier alpha value is -2.02. The number of ether oxygens (including phenoxy) is 1. The summed E-state index contributed by atoms with van der Waals surface area (Å²) in [6.45, 7) is 5.43. The van der Waals surface area contributed by atoms with Gasteiger partial charge in [-0.3, -0.25) is 4.79 Å². The summed E-state index contributed by atoms with van der Waals surface area (Å²) in [7, 11) is 0. The first kappa shape index (κ1) is 12.1. The number of hydrogen-bond acceptors (Lipinski definition) is 3. The average molecular weight is 218 g/mol. The molecule has 0 heterocycles. The van der Waals surface area contributed by atoms with E-state index >= 15 is 0 Å². The van der Waals surface area contributed by atoms with Crippen molar-refractivity contribution in [3.63, 3.8) is 0 Å². The van der Waals surface area contributed by atoms with Crippen molar-refractivity contribution in [3.8, 4) is 12.0 Å². The van der Waals surface area contributed by atoms with Gasteiger partial charge in [-0.2, -0.15) is 0 Å². The van der Waals surface area contributed by atoms with E-state index in [1.807, 2.05) is 13.8 Å². The topological polar surface area (TPSA) is 62.1 Å². The van der Waals surface area contributed by atoms with Gasteiger partial charge in [-0.25, -0.2) is 0 Å². The summed E-state index contributed by atoms with van der Waals surface area (Å²) in [6.07, 6.45) is 1.62. The average Bonchev–Trinajstić information content (AvgIpc) is 2.24. The Morgan fingerprint density at radius 2 is 2.19 bits per heavy atom. The van der Waals surface area contributed by atoms with Gasteiger partial charge in [0.1, 0.15) is 5.75 Å². The third kappa shape index (κ3) is 2.74. The molecule has 0 aliphatic heterocycles. The minimum Gasteiger partial charge on any atom is -0.388 e. The Balaban J connectivity index is 2.94. The number of hydrogen-bond donors (Lipinski definition) is 1. The molecule has 0 atom stereocenters. The van der Waals surface area contributed by atoms with Crippen molar-refractivity contribution in [2.75, 3.05) is 5.32 Å². The number of carbonyl (C=O) groups excluding carboxylic acids is 1. The van der Waals surface area contributed by atoms with Gasteiger partial charge in [0.2, 0.25) is 5.91 Å². The number of nitrogens with zero attached hydrogens (tertiary/aromatic N) is 1. The van der Waals surface area contributed by atoms with Gasteiger partial charge in [0, 0.05) is 17.2 Å². The zero-order chi connectivity index (χ0) is 12.1. The predicted molar refractivity (Wildman–Crippen MR) is 60.9 cm³/mol. The summed E-state index contributed by atoms with van der Waals surface area (Å²) in [5.41, 5.74) is 1.42. The first-order valence-electron chi connectivity index (χ1n) is 5.02. The quantitative estimate of drug-likeness (QED) is 0.792. The number of carbonyl (C=O) groups is 1. The van der Waals surface area contributed by atoms with Gasteiger partial charge in [0.25, 0.3) is 6.26 Å². The van der Waals surface area contributed by atoms with Crippen LogP contribution < -0.4 is 10.1 Å². The highest BCUT2D eigenvalue weighted by molar-refractivity contribution is 5.93. The molecule has 1 amide bonds. The molecular weight excluding hydrogens is 204 g/mol. The maximum atomic E-state index is 11.5. The van der Waals surface area contributed by atoms with Crippen LogP contribution in [0.25, 0.3) is 0 Å². The number of amides is 1. The smallest absolute Gasteiger partial charge is 0.292 e. The van der Waals surface area contributed by atoms with Crippen LogP contribution in [0.3, 0.4) is 0 Å². The van der Waals surface area contributed by atoms with E-state index in [2.05, 4.69) is 5.32 Å². The molecule has 0 radical (unpaired) electrons. The van der Waals surface area contributed by atoms with Crippen molar-refractivity contribution in [3.05, 3.63) is 23.8 Å². The van der Waals surface area contributed by atoms with Crippen molar-refractivity contribution >= 4 is 11.6 Å². The minimum atomic E-state index is -0.0834. The summed E-state index contributed by atoms with van der Waals surface area (Å²) in [5.74, 6) is 0.321. The van der Waals surface area contributed by atoms with Gasteiger partial charge in [-0.05, 0) is 19.1 Å². The van der Waals surface area contributed by atoms with Crippen molar-refractivity contribution < 1.29 is 9.53 Å². The van der Waals surface area contributed by atoms with E-state index < -0.39 is 0 Å². The third-order valence-corrected chi connectivity index (χ3v) is 2.22. The Kier molecular flexibility index (Phi) is 3.90.